The number of anilines is 1. The Hall–Kier alpha value is -1.26. The molecule has 0 aliphatic heterocycles. The Morgan fingerprint density at radius 1 is 1.11 bits per heavy atom. The Morgan fingerprint density at radius 2 is 1.94 bits per heavy atom. The standard InChI is InChI=1S/C14H23NO3/c1-12-11-13(17-3)5-6-14(12)15-7-10-18-9-4-8-16-2/h5-6,11,15H,4,7-10H2,1-3H3. The van der Waals surface area contributed by atoms with Gasteiger partial charge < -0.3 is 19.5 Å². The summed E-state index contributed by atoms with van der Waals surface area (Å²) in [6.45, 7) is 5.07. The van der Waals surface area contributed by atoms with Gasteiger partial charge >= 0.3 is 0 Å². The molecule has 0 heterocycles. The van der Waals surface area contributed by atoms with E-state index in [-0.39, 0.29) is 0 Å². The monoisotopic (exact) mass is 253 g/mol. The maximum Gasteiger partial charge on any atom is 0.119 e. The van der Waals surface area contributed by atoms with Crippen molar-refractivity contribution in [1.82, 2.24) is 0 Å². The lowest BCUT2D eigenvalue weighted by molar-refractivity contribution is 0.109. The number of benzene rings is 1. The zero-order chi connectivity index (χ0) is 13.2. The molecule has 102 valence electrons. The molecule has 1 N–H and O–H groups in total. The maximum absolute atomic E-state index is 5.48. The molecule has 0 amide bonds. The van der Waals surface area contributed by atoms with Crippen LogP contribution in [0.15, 0.2) is 18.2 Å². The molecule has 0 unspecified atom stereocenters. The van der Waals surface area contributed by atoms with E-state index < -0.39 is 0 Å². The van der Waals surface area contributed by atoms with Crippen LogP contribution in [-0.4, -0.2) is 40.6 Å². The molecule has 0 aliphatic rings. The molecule has 4 nitrogen and oxygen atoms in total. The number of aryl methyl sites for hydroxylation is 1. The van der Waals surface area contributed by atoms with Gasteiger partial charge in [-0.15, -0.1) is 0 Å². The Morgan fingerprint density at radius 3 is 2.61 bits per heavy atom. The molecule has 0 spiro atoms. The van der Waals surface area contributed by atoms with Crippen LogP contribution >= 0.6 is 0 Å². The number of rotatable bonds is 9. The summed E-state index contributed by atoms with van der Waals surface area (Å²) >= 11 is 0. The van der Waals surface area contributed by atoms with Crippen LogP contribution in [0.3, 0.4) is 0 Å². The average molecular weight is 253 g/mol. The topological polar surface area (TPSA) is 39.7 Å². The van der Waals surface area contributed by atoms with E-state index in [9.17, 15) is 0 Å². The van der Waals surface area contributed by atoms with Crippen molar-refractivity contribution in [3.8, 4) is 5.75 Å². The van der Waals surface area contributed by atoms with Crippen molar-refractivity contribution < 1.29 is 14.2 Å². The third-order valence-electron chi connectivity index (χ3n) is 2.63. The van der Waals surface area contributed by atoms with Crippen LogP contribution in [0.1, 0.15) is 12.0 Å². The molecule has 0 aromatic heterocycles. The maximum atomic E-state index is 5.48. The fourth-order valence-electron chi connectivity index (χ4n) is 1.63. The Bertz CT molecular complexity index is 342. The first-order valence-corrected chi connectivity index (χ1v) is 6.23. The van der Waals surface area contributed by atoms with Crippen molar-refractivity contribution >= 4 is 5.69 Å². The van der Waals surface area contributed by atoms with E-state index in [4.69, 9.17) is 14.2 Å². The minimum absolute atomic E-state index is 0.704. The lowest BCUT2D eigenvalue weighted by Gasteiger charge is -2.11. The molecule has 18 heavy (non-hydrogen) atoms. The molecule has 1 aromatic rings. The van der Waals surface area contributed by atoms with Gasteiger partial charge in [0.05, 0.1) is 13.7 Å². The number of nitrogens with one attached hydrogen (secondary N) is 1. The van der Waals surface area contributed by atoms with Crippen LogP contribution in [0, 0.1) is 6.92 Å². The van der Waals surface area contributed by atoms with Crippen molar-refractivity contribution in [2.75, 3.05) is 45.9 Å². The van der Waals surface area contributed by atoms with Crippen molar-refractivity contribution in [1.29, 1.82) is 0 Å². The van der Waals surface area contributed by atoms with E-state index in [1.165, 1.54) is 5.56 Å². The first kappa shape index (κ1) is 14.8. The van der Waals surface area contributed by atoms with Crippen molar-refractivity contribution in [3.63, 3.8) is 0 Å². The third kappa shape index (κ3) is 5.38. The van der Waals surface area contributed by atoms with Gasteiger partial charge in [0.15, 0.2) is 0 Å². The normalized spacial score (nSPS) is 10.4. The molecule has 0 bridgehead atoms. The molecule has 0 atom stereocenters. The van der Waals surface area contributed by atoms with Gasteiger partial charge in [0, 0.05) is 32.6 Å². The lowest BCUT2D eigenvalue weighted by atomic mass is 10.2. The molecule has 0 radical (unpaired) electrons. The fraction of sp³-hybridized carbons (Fsp3) is 0.571. The lowest BCUT2D eigenvalue weighted by Crippen LogP contribution is -2.11. The van der Waals surface area contributed by atoms with Gasteiger partial charge in [-0.25, -0.2) is 0 Å². The SMILES string of the molecule is COCCCOCCNc1ccc(OC)cc1C. The minimum Gasteiger partial charge on any atom is -0.497 e. The summed E-state index contributed by atoms with van der Waals surface area (Å²) in [7, 11) is 3.38. The molecule has 0 saturated carbocycles. The van der Waals surface area contributed by atoms with Crippen LogP contribution in [0.2, 0.25) is 0 Å². The second-order valence-electron chi connectivity index (χ2n) is 4.07. The van der Waals surface area contributed by atoms with Crippen LogP contribution in [-0.2, 0) is 9.47 Å². The van der Waals surface area contributed by atoms with Gasteiger partial charge in [-0.05, 0) is 37.1 Å². The molecular weight excluding hydrogens is 230 g/mol. The van der Waals surface area contributed by atoms with E-state index in [0.717, 1.165) is 37.6 Å². The van der Waals surface area contributed by atoms with Crippen LogP contribution in [0.4, 0.5) is 5.69 Å². The number of hydrogen-bond acceptors (Lipinski definition) is 4. The van der Waals surface area contributed by atoms with E-state index in [2.05, 4.69) is 12.2 Å². The molecule has 0 fully saturated rings. The predicted octanol–water partition coefficient (Wildman–Crippen LogP) is 2.47. The first-order chi connectivity index (χ1) is 8.77. The quantitative estimate of drug-likeness (QED) is 0.686. The third-order valence-corrected chi connectivity index (χ3v) is 2.63. The van der Waals surface area contributed by atoms with Crippen LogP contribution in [0.5, 0.6) is 5.75 Å². The van der Waals surface area contributed by atoms with Gasteiger partial charge in [0.1, 0.15) is 5.75 Å². The highest BCUT2D eigenvalue weighted by Gasteiger charge is 1.99. The van der Waals surface area contributed by atoms with Crippen LogP contribution < -0.4 is 10.1 Å². The number of ether oxygens (including phenoxy) is 3. The molecule has 0 saturated heterocycles. The predicted molar refractivity (Wildman–Crippen MR) is 73.5 cm³/mol. The summed E-state index contributed by atoms with van der Waals surface area (Å²) < 4.78 is 15.6. The van der Waals surface area contributed by atoms with E-state index >= 15 is 0 Å². The summed E-state index contributed by atoms with van der Waals surface area (Å²) in [5.41, 5.74) is 2.30. The van der Waals surface area contributed by atoms with Gasteiger partial charge in [0.25, 0.3) is 0 Å². The summed E-state index contributed by atoms with van der Waals surface area (Å²) in [5, 5.41) is 3.34. The van der Waals surface area contributed by atoms with Gasteiger partial charge in [-0.1, -0.05) is 0 Å². The van der Waals surface area contributed by atoms with Crippen molar-refractivity contribution in [2.24, 2.45) is 0 Å². The highest BCUT2D eigenvalue weighted by atomic mass is 16.5. The second-order valence-corrected chi connectivity index (χ2v) is 4.07. The van der Waals surface area contributed by atoms with E-state index in [1.54, 1.807) is 14.2 Å². The highest BCUT2D eigenvalue weighted by molar-refractivity contribution is 5.53. The van der Waals surface area contributed by atoms with E-state index in [0.29, 0.717) is 6.61 Å². The smallest absolute Gasteiger partial charge is 0.119 e. The molecule has 4 heteroatoms. The number of hydrogen-bond donors (Lipinski definition) is 1. The van der Waals surface area contributed by atoms with Gasteiger partial charge in [-0.2, -0.15) is 0 Å². The number of methoxy groups -OCH3 is 2. The average Bonchev–Trinajstić information content (AvgIpc) is 2.39. The Kier molecular flexibility index (Phi) is 7.22. The van der Waals surface area contributed by atoms with Crippen molar-refractivity contribution in [2.45, 2.75) is 13.3 Å². The minimum atomic E-state index is 0.704. The molecular formula is C14H23NO3. The van der Waals surface area contributed by atoms with Crippen LogP contribution in [0.25, 0.3) is 0 Å². The summed E-state index contributed by atoms with van der Waals surface area (Å²) in [6.07, 6.45) is 0.943. The zero-order valence-corrected chi connectivity index (χ0v) is 11.5. The second kappa shape index (κ2) is 8.78. The highest BCUT2D eigenvalue weighted by Crippen LogP contribution is 2.20. The molecule has 1 rings (SSSR count). The molecule has 0 aliphatic carbocycles. The Labute approximate surface area is 109 Å². The first-order valence-electron chi connectivity index (χ1n) is 6.23. The largest absolute Gasteiger partial charge is 0.497 e. The zero-order valence-electron chi connectivity index (χ0n) is 11.5. The van der Waals surface area contributed by atoms with Crippen molar-refractivity contribution in [3.05, 3.63) is 23.8 Å². The van der Waals surface area contributed by atoms with E-state index in [1.807, 2.05) is 18.2 Å². The summed E-state index contributed by atoms with van der Waals surface area (Å²) in [6, 6.07) is 6.00. The van der Waals surface area contributed by atoms with Gasteiger partial charge in [0.2, 0.25) is 0 Å². The molecule has 1 aromatic carbocycles. The summed E-state index contributed by atoms with van der Waals surface area (Å²) in [5.74, 6) is 0.883. The Balaban J connectivity index is 2.19. The van der Waals surface area contributed by atoms with Gasteiger partial charge in [-0.3, -0.25) is 0 Å². The summed E-state index contributed by atoms with van der Waals surface area (Å²) in [4.78, 5) is 0. The fourth-order valence-corrected chi connectivity index (χ4v) is 1.63.